The number of carbonyl (C=O) groups is 1. The van der Waals surface area contributed by atoms with E-state index in [2.05, 4.69) is 10.6 Å². The number of fused-ring (bicyclic) bond motifs is 1. The van der Waals surface area contributed by atoms with Gasteiger partial charge in [0.25, 0.3) is 5.91 Å². The second kappa shape index (κ2) is 6.23. The topological polar surface area (TPSA) is 75.3 Å². The molecule has 21 heavy (non-hydrogen) atoms. The summed E-state index contributed by atoms with van der Waals surface area (Å²) in [4.78, 5) is 12.3. The Hall–Kier alpha value is -1.27. The number of amides is 1. The molecule has 0 radical (unpaired) electrons. The van der Waals surface area contributed by atoms with Gasteiger partial charge in [0.1, 0.15) is 0 Å². The second-order valence-corrected chi connectivity index (χ2v) is 7.66. The van der Waals surface area contributed by atoms with Crippen LogP contribution in [0.4, 0.5) is 5.69 Å². The number of nitrogens with one attached hydrogen (secondary N) is 2. The summed E-state index contributed by atoms with van der Waals surface area (Å²) in [6.45, 7) is 0.930. The number of anilines is 1. The van der Waals surface area contributed by atoms with Crippen LogP contribution in [0.15, 0.2) is 18.2 Å². The van der Waals surface area contributed by atoms with Gasteiger partial charge in [0.2, 0.25) is 0 Å². The second-order valence-electron chi connectivity index (χ2n) is 5.44. The van der Waals surface area contributed by atoms with Crippen molar-refractivity contribution in [2.45, 2.75) is 25.3 Å². The summed E-state index contributed by atoms with van der Waals surface area (Å²) in [7, 11) is -2.97. The summed E-state index contributed by atoms with van der Waals surface area (Å²) in [5.74, 6) is 0.0750. The predicted octanol–water partition coefficient (Wildman–Crippen LogP) is 1.38. The Morgan fingerprint density at radius 1 is 1.33 bits per heavy atom. The summed E-state index contributed by atoms with van der Waals surface area (Å²) in [6.07, 6.45) is 2.41. The Morgan fingerprint density at radius 2 is 2.14 bits per heavy atom. The van der Waals surface area contributed by atoms with Gasteiger partial charge in [-0.05, 0) is 37.0 Å². The Bertz CT molecular complexity index is 646. The lowest BCUT2D eigenvalue weighted by atomic mass is 9.97. The third-order valence-corrected chi connectivity index (χ3v) is 5.68. The van der Waals surface area contributed by atoms with Crippen LogP contribution < -0.4 is 10.6 Å². The molecule has 1 saturated heterocycles. The molecule has 3 rings (SSSR count). The van der Waals surface area contributed by atoms with Gasteiger partial charge < -0.3 is 10.6 Å². The van der Waals surface area contributed by atoms with Crippen LogP contribution in [-0.4, -0.2) is 38.4 Å². The Kier molecular flexibility index (Phi) is 4.78. The molecule has 2 aliphatic rings. The van der Waals surface area contributed by atoms with Crippen LogP contribution in [0.25, 0.3) is 0 Å². The van der Waals surface area contributed by atoms with Gasteiger partial charge in [0.15, 0.2) is 9.84 Å². The first-order valence-corrected chi connectivity index (χ1v) is 8.74. The molecule has 116 valence electrons. The van der Waals surface area contributed by atoms with Crippen molar-refractivity contribution >= 4 is 33.8 Å². The van der Waals surface area contributed by atoms with Crippen LogP contribution in [0.3, 0.4) is 0 Å². The van der Waals surface area contributed by atoms with Crippen molar-refractivity contribution in [1.29, 1.82) is 0 Å². The van der Waals surface area contributed by atoms with E-state index in [0.717, 1.165) is 30.6 Å². The highest BCUT2D eigenvalue weighted by Crippen LogP contribution is 2.25. The molecule has 0 spiro atoms. The molecule has 7 heteroatoms. The van der Waals surface area contributed by atoms with Gasteiger partial charge >= 0.3 is 0 Å². The molecule has 0 aromatic heterocycles. The molecule has 1 fully saturated rings. The van der Waals surface area contributed by atoms with Gasteiger partial charge in [0, 0.05) is 23.8 Å². The van der Waals surface area contributed by atoms with E-state index in [0.29, 0.717) is 12.0 Å². The van der Waals surface area contributed by atoms with Gasteiger partial charge in [-0.15, -0.1) is 12.4 Å². The zero-order valence-corrected chi connectivity index (χ0v) is 13.2. The number of hydrogen-bond acceptors (Lipinski definition) is 4. The minimum absolute atomic E-state index is 0. The molecule has 2 aliphatic heterocycles. The van der Waals surface area contributed by atoms with E-state index >= 15 is 0 Å². The summed E-state index contributed by atoms with van der Waals surface area (Å²) < 4.78 is 22.9. The summed E-state index contributed by atoms with van der Waals surface area (Å²) in [5, 5.41) is 6.14. The lowest BCUT2D eigenvalue weighted by Crippen LogP contribution is -2.36. The summed E-state index contributed by atoms with van der Waals surface area (Å²) in [5.41, 5.74) is 2.72. The van der Waals surface area contributed by atoms with Crippen LogP contribution in [0.2, 0.25) is 0 Å². The van der Waals surface area contributed by atoms with Gasteiger partial charge in [-0.25, -0.2) is 8.42 Å². The van der Waals surface area contributed by atoms with Gasteiger partial charge in [-0.1, -0.05) is 6.07 Å². The van der Waals surface area contributed by atoms with Gasteiger partial charge in [0.05, 0.1) is 11.5 Å². The zero-order valence-electron chi connectivity index (χ0n) is 11.6. The van der Waals surface area contributed by atoms with E-state index in [9.17, 15) is 13.2 Å². The first-order valence-electron chi connectivity index (χ1n) is 6.92. The molecule has 1 amide bonds. The van der Waals surface area contributed by atoms with E-state index in [1.807, 2.05) is 18.2 Å². The third kappa shape index (κ3) is 3.49. The minimum atomic E-state index is -2.97. The van der Waals surface area contributed by atoms with Crippen molar-refractivity contribution in [3.63, 3.8) is 0 Å². The standard InChI is InChI=1S/C14H18N2O3S.ClH/c17-14(16-10-6-8-20(18,19)9-10)12-3-1-5-13-11(12)4-2-7-15-13;/h1,3,5,10,15H,2,4,6-9H2,(H,16,17);1H. The van der Waals surface area contributed by atoms with E-state index in [1.54, 1.807) is 0 Å². The largest absolute Gasteiger partial charge is 0.385 e. The monoisotopic (exact) mass is 330 g/mol. The number of benzene rings is 1. The minimum Gasteiger partial charge on any atom is -0.385 e. The van der Waals surface area contributed by atoms with Crippen molar-refractivity contribution in [2.24, 2.45) is 0 Å². The molecule has 1 atom stereocenters. The maximum atomic E-state index is 12.3. The fourth-order valence-electron chi connectivity index (χ4n) is 2.89. The van der Waals surface area contributed by atoms with Crippen LogP contribution in [0.5, 0.6) is 0 Å². The third-order valence-electron chi connectivity index (χ3n) is 3.91. The van der Waals surface area contributed by atoms with Crippen molar-refractivity contribution in [3.05, 3.63) is 29.3 Å². The molecule has 2 heterocycles. The average molecular weight is 331 g/mol. The fraction of sp³-hybridized carbons (Fsp3) is 0.500. The molecule has 0 saturated carbocycles. The van der Waals surface area contributed by atoms with Crippen molar-refractivity contribution in [3.8, 4) is 0 Å². The average Bonchev–Trinajstić information content (AvgIpc) is 2.77. The zero-order chi connectivity index (χ0) is 14.2. The van der Waals surface area contributed by atoms with Crippen molar-refractivity contribution in [1.82, 2.24) is 5.32 Å². The fourth-order valence-corrected chi connectivity index (χ4v) is 4.57. The number of rotatable bonds is 2. The van der Waals surface area contributed by atoms with Crippen LogP contribution in [0.1, 0.15) is 28.8 Å². The smallest absolute Gasteiger partial charge is 0.251 e. The number of halogens is 1. The molecule has 0 bridgehead atoms. The predicted molar refractivity (Wildman–Crippen MR) is 85.0 cm³/mol. The van der Waals surface area contributed by atoms with Gasteiger partial charge in [-0.2, -0.15) is 0 Å². The number of carbonyl (C=O) groups excluding carboxylic acids is 1. The molecule has 1 aromatic carbocycles. The van der Waals surface area contributed by atoms with Crippen molar-refractivity contribution < 1.29 is 13.2 Å². The Balaban J connectivity index is 0.00000161. The number of sulfone groups is 1. The molecule has 0 aliphatic carbocycles. The van der Waals surface area contributed by atoms with E-state index in [1.165, 1.54) is 0 Å². The van der Waals surface area contributed by atoms with Crippen LogP contribution in [0, 0.1) is 0 Å². The molecule has 1 aromatic rings. The lowest BCUT2D eigenvalue weighted by Gasteiger charge is -2.21. The first kappa shape index (κ1) is 16.1. The highest BCUT2D eigenvalue weighted by molar-refractivity contribution is 7.91. The molecule has 1 unspecified atom stereocenters. The quantitative estimate of drug-likeness (QED) is 0.859. The maximum absolute atomic E-state index is 12.3. The molecule has 5 nitrogen and oxygen atoms in total. The number of hydrogen-bond donors (Lipinski definition) is 2. The van der Waals surface area contributed by atoms with E-state index in [-0.39, 0.29) is 35.9 Å². The van der Waals surface area contributed by atoms with Crippen LogP contribution in [-0.2, 0) is 16.3 Å². The first-order chi connectivity index (χ1) is 9.55. The molecular formula is C14H19ClN2O3S. The Labute approximate surface area is 130 Å². The van der Waals surface area contributed by atoms with Crippen LogP contribution >= 0.6 is 12.4 Å². The Morgan fingerprint density at radius 3 is 2.86 bits per heavy atom. The summed E-state index contributed by atoms with van der Waals surface area (Å²) >= 11 is 0. The SMILES string of the molecule is Cl.O=C(NC1CCS(=O)(=O)C1)c1cccc2c1CCCN2. The highest BCUT2D eigenvalue weighted by atomic mass is 35.5. The maximum Gasteiger partial charge on any atom is 0.251 e. The molecular weight excluding hydrogens is 312 g/mol. The summed E-state index contributed by atoms with van der Waals surface area (Å²) in [6, 6.07) is 5.40. The van der Waals surface area contributed by atoms with Crippen molar-refractivity contribution in [2.75, 3.05) is 23.4 Å². The van der Waals surface area contributed by atoms with Gasteiger partial charge in [-0.3, -0.25) is 4.79 Å². The normalized spacial score (nSPS) is 22.6. The van der Waals surface area contributed by atoms with E-state index < -0.39 is 9.84 Å². The lowest BCUT2D eigenvalue weighted by molar-refractivity contribution is 0.0940. The van der Waals surface area contributed by atoms with E-state index in [4.69, 9.17) is 0 Å². The highest BCUT2D eigenvalue weighted by Gasteiger charge is 2.29. The molecule has 2 N–H and O–H groups in total.